The number of nitrogens with two attached hydrogens (primary N) is 2. The van der Waals surface area contributed by atoms with E-state index in [0.29, 0.717) is 17.4 Å². The highest BCUT2D eigenvalue weighted by atomic mass is 16.5. The molecule has 4 aliphatic carbocycles. The van der Waals surface area contributed by atoms with Gasteiger partial charge in [-0.15, -0.1) is 0 Å². The summed E-state index contributed by atoms with van der Waals surface area (Å²) in [5.74, 6) is 7.03. The third kappa shape index (κ3) is 8.03. The van der Waals surface area contributed by atoms with Crippen molar-refractivity contribution in [2.75, 3.05) is 11.5 Å². The van der Waals surface area contributed by atoms with Crippen molar-refractivity contribution < 1.29 is 4.74 Å². The van der Waals surface area contributed by atoms with Crippen molar-refractivity contribution in [1.29, 1.82) is 0 Å². The number of hydrogen-bond donors (Lipinski definition) is 2. The van der Waals surface area contributed by atoms with Gasteiger partial charge in [0.15, 0.2) is 0 Å². The third-order valence-corrected chi connectivity index (χ3v) is 16.9. The smallest absolute Gasteiger partial charge is 0.119 e. The molecule has 3 heteroatoms. The van der Waals surface area contributed by atoms with E-state index >= 15 is 0 Å². The molecule has 0 aromatic heterocycles. The summed E-state index contributed by atoms with van der Waals surface area (Å²) in [5, 5.41) is 0. The lowest BCUT2D eigenvalue weighted by molar-refractivity contribution is -0.122. The van der Waals surface area contributed by atoms with Crippen molar-refractivity contribution in [3.63, 3.8) is 0 Å². The molecular weight excluding hydrogens is 693 g/mol. The standard InChI is InChI=1S/C54H72N2O/c1-37(2)7-6-8-38(3)49-29-30-50-48-28-21-44-35-54(34-33-52(44,4)51(48)31-32-53(49,50)5,42-17-11-39(12-18-42)9-10-40-13-22-45(55)23-14-40)43-19-26-47(27-20-43)57-36-41-15-24-46(56)25-16-41/h11-20,22-27,37-38,44,48-51H,6-10,21,28-36,55-56H2,1-5H3. The minimum atomic E-state index is 0.00897. The van der Waals surface area contributed by atoms with E-state index in [-0.39, 0.29) is 5.41 Å². The van der Waals surface area contributed by atoms with Gasteiger partial charge in [0, 0.05) is 16.8 Å². The topological polar surface area (TPSA) is 61.3 Å². The maximum Gasteiger partial charge on any atom is 0.119 e. The summed E-state index contributed by atoms with van der Waals surface area (Å²) in [6.07, 6.45) is 18.8. The summed E-state index contributed by atoms with van der Waals surface area (Å²) in [6.45, 7) is 13.5. The SMILES string of the molecule is CC(C)CCCC(C)C1CCC2C3CCC4CC(c5ccc(CCc6ccc(N)cc6)cc5)(c5ccc(OCc6ccc(N)cc6)cc5)CCC4(C)C3CCC12C. The largest absolute Gasteiger partial charge is 0.489 e. The summed E-state index contributed by atoms with van der Waals surface area (Å²) in [4.78, 5) is 0. The molecule has 4 fully saturated rings. The summed E-state index contributed by atoms with van der Waals surface area (Å²) in [5.41, 5.74) is 21.3. The Morgan fingerprint density at radius 1 is 0.596 bits per heavy atom. The quantitative estimate of drug-likeness (QED) is 0.133. The monoisotopic (exact) mass is 765 g/mol. The lowest BCUT2D eigenvalue weighted by atomic mass is 9.42. The van der Waals surface area contributed by atoms with Gasteiger partial charge in [0.05, 0.1) is 0 Å². The first-order chi connectivity index (χ1) is 27.5. The van der Waals surface area contributed by atoms with Crippen LogP contribution in [-0.4, -0.2) is 0 Å². The Kier molecular flexibility index (Phi) is 11.6. The Morgan fingerprint density at radius 3 is 1.81 bits per heavy atom. The van der Waals surface area contributed by atoms with Crippen LogP contribution in [0, 0.1) is 52.3 Å². The van der Waals surface area contributed by atoms with Crippen molar-refractivity contribution >= 4 is 11.4 Å². The van der Waals surface area contributed by atoms with Crippen LogP contribution in [0.2, 0.25) is 0 Å². The predicted molar refractivity (Wildman–Crippen MR) is 240 cm³/mol. The molecule has 304 valence electrons. The van der Waals surface area contributed by atoms with Crippen molar-refractivity contribution in [3.8, 4) is 5.75 Å². The highest BCUT2D eigenvalue weighted by Crippen LogP contribution is 2.70. The molecule has 4 aromatic rings. The normalized spacial score (nSPS) is 31.3. The molecule has 4 N–H and O–H groups in total. The van der Waals surface area contributed by atoms with Crippen LogP contribution in [0.5, 0.6) is 5.75 Å². The Balaban J connectivity index is 1.02. The maximum absolute atomic E-state index is 6.31. The first-order valence-electron chi connectivity index (χ1n) is 23.0. The van der Waals surface area contributed by atoms with E-state index in [0.717, 1.165) is 77.0 Å². The van der Waals surface area contributed by atoms with E-state index in [9.17, 15) is 0 Å². The average molecular weight is 765 g/mol. The molecule has 3 nitrogen and oxygen atoms in total. The molecule has 0 aliphatic heterocycles. The minimum Gasteiger partial charge on any atom is -0.489 e. The van der Waals surface area contributed by atoms with Crippen LogP contribution >= 0.6 is 0 Å². The summed E-state index contributed by atoms with van der Waals surface area (Å²) >= 11 is 0. The molecule has 57 heavy (non-hydrogen) atoms. The second kappa shape index (κ2) is 16.5. The summed E-state index contributed by atoms with van der Waals surface area (Å²) in [6, 6.07) is 35.5. The number of benzene rings is 4. The molecular formula is C54H72N2O. The molecule has 4 aliphatic rings. The van der Waals surface area contributed by atoms with E-state index in [1.807, 2.05) is 24.3 Å². The van der Waals surface area contributed by atoms with Gasteiger partial charge in [-0.2, -0.15) is 0 Å². The van der Waals surface area contributed by atoms with E-state index in [1.165, 1.54) is 99.3 Å². The molecule has 9 atom stereocenters. The molecule has 9 unspecified atom stereocenters. The predicted octanol–water partition coefficient (Wildman–Crippen LogP) is 13.6. The second-order valence-electron chi connectivity index (χ2n) is 20.5. The lowest BCUT2D eigenvalue weighted by Gasteiger charge is -2.63. The van der Waals surface area contributed by atoms with E-state index in [2.05, 4.69) is 107 Å². The zero-order chi connectivity index (χ0) is 39.8. The van der Waals surface area contributed by atoms with Gasteiger partial charge in [-0.1, -0.05) is 115 Å². The van der Waals surface area contributed by atoms with Crippen molar-refractivity contribution in [2.45, 2.75) is 137 Å². The Labute approximate surface area is 345 Å². The van der Waals surface area contributed by atoms with Crippen molar-refractivity contribution in [3.05, 3.63) is 125 Å². The fourth-order valence-corrected chi connectivity index (χ4v) is 13.6. The number of fused-ring (bicyclic) bond motifs is 5. The zero-order valence-electron chi connectivity index (χ0n) is 35.9. The summed E-state index contributed by atoms with van der Waals surface area (Å²) < 4.78 is 6.31. The van der Waals surface area contributed by atoms with Crippen molar-refractivity contribution in [1.82, 2.24) is 0 Å². The van der Waals surface area contributed by atoms with Gasteiger partial charge < -0.3 is 16.2 Å². The zero-order valence-corrected chi connectivity index (χ0v) is 35.9. The van der Waals surface area contributed by atoms with Gasteiger partial charge in [-0.05, 0) is 187 Å². The van der Waals surface area contributed by atoms with Gasteiger partial charge in [0.2, 0.25) is 0 Å². The van der Waals surface area contributed by atoms with Crippen LogP contribution in [0.4, 0.5) is 11.4 Å². The lowest BCUT2D eigenvalue weighted by Crippen LogP contribution is -2.55. The first-order valence-corrected chi connectivity index (χ1v) is 23.0. The number of aryl methyl sites for hydroxylation is 2. The highest BCUT2D eigenvalue weighted by Gasteiger charge is 2.62. The van der Waals surface area contributed by atoms with Crippen LogP contribution in [0.25, 0.3) is 0 Å². The van der Waals surface area contributed by atoms with Gasteiger partial charge in [-0.3, -0.25) is 0 Å². The van der Waals surface area contributed by atoms with E-state index < -0.39 is 0 Å². The number of ether oxygens (including phenoxy) is 1. The number of hydrogen-bond acceptors (Lipinski definition) is 3. The van der Waals surface area contributed by atoms with E-state index in [1.54, 1.807) is 0 Å². The Bertz CT molecular complexity index is 1820. The Hall–Kier alpha value is -3.72. The molecule has 0 radical (unpaired) electrons. The van der Waals surface area contributed by atoms with Gasteiger partial charge >= 0.3 is 0 Å². The van der Waals surface area contributed by atoms with Crippen molar-refractivity contribution in [2.24, 2.45) is 52.3 Å². The number of anilines is 2. The molecule has 0 spiro atoms. The number of nitrogen functional groups attached to an aromatic ring is 2. The molecule has 0 amide bonds. The molecule has 4 saturated carbocycles. The summed E-state index contributed by atoms with van der Waals surface area (Å²) in [7, 11) is 0. The molecule has 0 heterocycles. The first kappa shape index (κ1) is 40.1. The average Bonchev–Trinajstić information content (AvgIpc) is 3.58. The second-order valence-corrected chi connectivity index (χ2v) is 20.5. The molecule has 4 aromatic carbocycles. The van der Waals surface area contributed by atoms with Gasteiger partial charge in [0.25, 0.3) is 0 Å². The van der Waals surface area contributed by atoms with Crippen LogP contribution in [-0.2, 0) is 24.9 Å². The minimum absolute atomic E-state index is 0.00897. The highest BCUT2D eigenvalue weighted by molar-refractivity contribution is 5.45. The van der Waals surface area contributed by atoms with E-state index in [4.69, 9.17) is 16.2 Å². The van der Waals surface area contributed by atoms with Gasteiger partial charge in [0.1, 0.15) is 12.4 Å². The fourth-order valence-electron chi connectivity index (χ4n) is 13.6. The Morgan fingerprint density at radius 2 is 1.18 bits per heavy atom. The third-order valence-electron chi connectivity index (χ3n) is 16.9. The molecule has 0 saturated heterocycles. The van der Waals surface area contributed by atoms with Gasteiger partial charge in [-0.25, -0.2) is 0 Å². The molecule has 0 bridgehead atoms. The van der Waals surface area contributed by atoms with Crippen LogP contribution in [0.15, 0.2) is 97.1 Å². The molecule has 8 rings (SSSR count). The van der Waals surface area contributed by atoms with Crippen LogP contribution in [0.3, 0.4) is 0 Å². The van der Waals surface area contributed by atoms with Crippen LogP contribution in [0.1, 0.15) is 139 Å². The maximum atomic E-state index is 6.31. The fraction of sp³-hybridized carbons (Fsp3) is 0.556. The van der Waals surface area contributed by atoms with Crippen LogP contribution < -0.4 is 16.2 Å². The number of rotatable bonds is 13.